The number of aromatic nitrogens is 1. The fourth-order valence-electron chi connectivity index (χ4n) is 2.04. The van der Waals surface area contributed by atoms with E-state index < -0.39 is 0 Å². The van der Waals surface area contributed by atoms with Gasteiger partial charge in [0.2, 0.25) is 0 Å². The molecule has 0 bridgehead atoms. The van der Waals surface area contributed by atoms with Crippen LogP contribution in [0.2, 0.25) is 0 Å². The summed E-state index contributed by atoms with van der Waals surface area (Å²) in [6.45, 7) is 6.64. The van der Waals surface area contributed by atoms with Crippen LogP contribution in [0.15, 0.2) is 5.38 Å². The second-order valence-electron chi connectivity index (χ2n) is 4.27. The molecule has 2 nitrogen and oxygen atoms in total. The van der Waals surface area contributed by atoms with E-state index in [2.05, 4.69) is 45.0 Å². The molecule has 4 heteroatoms. The van der Waals surface area contributed by atoms with Crippen molar-refractivity contribution in [2.75, 3.05) is 18.0 Å². The van der Waals surface area contributed by atoms with Gasteiger partial charge in [-0.05, 0) is 25.7 Å². The molecular formula is C11H17BrN2S. The lowest BCUT2D eigenvalue weighted by Gasteiger charge is -2.33. The zero-order valence-electron chi connectivity index (χ0n) is 9.24. The SMILES string of the molecule is Cc1csc(N2CCC(C(C)Br)CC2)n1. The molecule has 0 saturated carbocycles. The number of hydrogen-bond acceptors (Lipinski definition) is 3. The molecule has 0 aliphatic carbocycles. The molecule has 2 heterocycles. The van der Waals surface area contributed by atoms with Crippen molar-refractivity contribution in [2.45, 2.75) is 31.5 Å². The molecule has 1 aromatic heterocycles. The fraction of sp³-hybridized carbons (Fsp3) is 0.727. The summed E-state index contributed by atoms with van der Waals surface area (Å²) < 4.78 is 0. The van der Waals surface area contributed by atoms with Crippen LogP contribution in [-0.2, 0) is 0 Å². The molecule has 0 radical (unpaired) electrons. The highest BCUT2D eigenvalue weighted by Gasteiger charge is 2.23. The average Bonchev–Trinajstić information content (AvgIpc) is 2.65. The first-order valence-electron chi connectivity index (χ1n) is 5.48. The number of alkyl halides is 1. The van der Waals surface area contributed by atoms with Crippen LogP contribution in [0.5, 0.6) is 0 Å². The van der Waals surface area contributed by atoms with Gasteiger partial charge in [-0.15, -0.1) is 11.3 Å². The van der Waals surface area contributed by atoms with Crippen LogP contribution in [0.25, 0.3) is 0 Å². The Morgan fingerprint density at radius 3 is 2.67 bits per heavy atom. The number of aryl methyl sites for hydroxylation is 1. The molecule has 1 aromatic rings. The summed E-state index contributed by atoms with van der Waals surface area (Å²) >= 11 is 5.45. The van der Waals surface area contributed by atoms with Gasteiger partial charge >= 0.3 is 0 Å². The molecule has 2 rings (SSSR count). The molecule has 1 atom stereocenters. The van der Waals surface area contributed by atoms with Gasteiger partial charge in [-0.25, -0.2) is 4.98 Å². The Hall–Kier alpha value is -0.0900. The second-order valence-corrected chi connectivity index (χ2v) is 6.55. The van der Waals surface area contributed by atoms with Crippen molar-refractivity contribution in [1.82, 2.24) is 4.98 Å². The largest absolute Gasteiger partial charge is 0.348 e. The van der Waals surface area contributed by atoms with Crippen molar-refractivity contribution >= 4 is 32.4 Å². The maximum absolute atomic E-state index is 4.54. The van der Waals surface area contributed by atoms with E-state index in [1.807, 2.05) is 0 Å². The van der Waals surface area contributed by atoms with Gasteiger partial charge in [0.25, 0.3) is 0 Å². The van der Waals surface area contributed by atoms with Gasteiger partial charge in [0.15, 0.2) is 5.13 Å². The van der Waals surface area contributed by atoms with Crippen LogP contribution in [0, 0.1) is 12.8 Å². The first-order valence-corrected chi connectivity index (χ1v) is 7.27. The van der Waals surface area contributed by atoms with E-state index in [-0.39, 0.29) is 0 Å². The lowest BCUT2D eigenvalue weighted by atomic mass is 9.95. The zero-order chi connectivity index (χ0) is 10.8. The molecule has 0 N–H and O–H groups in total. The monoisotopic (exact) mass is 288 g/mol. The minimum atomic E-state index is 0.651. The smallest absolute Gasteiger partial charge is 0.185 e. The number of hydrogen-bond donors (Lipinski definition) is 0. The van der Waals surface area contributed by atoms with Crippen molar-refractivity contribution in [2.24, 2.45) is 5.92 Å². The van der Waals surface area contributed by atoms with E-state index in [9.17, 15) is 0 Å². The highest BCUT2D eigenvalue weighted by molar-refractivity contribution is 9.09. The molecule has 1 unspecified atom stereocenters. The Morgan fingerprint density at radius 2 is 2.20 bits per heavy atom. The summed E-state index contributed by atoms with van der Waals surface area (Å²) in [7, 11) is 0. The number of piperidine rings is 1. The summed E-state index contributed by atoms with van der Waals surface area (Å²) in [5.74, 6) is 0.835. The van der Waals surface area contributed by atoms with Gasteiger partial charge in [0.1, 0.15) is 0 Å². The molecule has 1 saturated heterocycles. The molecule has 0 amide bonds. The minimum Gasteiger partial charge on any atom is -0.348 e. The van der Waals surface area contributed by atoms with E-state index in [0.29, 0.717) is 4.83 Å². The summed E-state index contributed by atoms with van der Waals surface area (Å²) in [5, 5.41) is 3.34. The van der Waals surface area contributed by atoms with E-state index in [1.54, 1.807) is 11.3 Å². The average molecular weight is 289 g/mol. The van der Waals surface area contributed by atoms with Gasteiger partial charge < -0.3 is 4.90 Å². The van der Waals surface area contributed by atoms with Crippen molar-refractivity contribution in [3.05, 3.63) is 11.1 Å². The minimum absolute atomic E-state index is 0.651. The number of thiazole rings is 1. The lowest BCUT2D eigenvalue weighted by molar-refractivity contribution is 0.407. The predicted octanol–water partition coefficient (Wildman–Crippen LogP) is 3.45. The topological polar surface area (TPSA) is 16.1 Å². The Balaban J connectivity index is 1.93. The molecule has 1 aliphatic rings. The highest BCUT2D eigenvalue weighted by Crippen LogP contribution is 2.29. The van der Waals surface area contributed by atoms with E-state index >= 15 is 0 Å². The third-order valence-electron chi connectivity index (χ3n) is 3.07. The maximum Gasteiger partial charge on any atom is 0.185 e. The Kier molecular flexibility index (Phi) is 3.67. The van der Waals surface area contributed by atoms with Crippen LogP contribution in [0.3, 0.4) is 0 Å². The van der Waals surface area contributed by atoms with Crippen molar-refractivity contribution < 1.29 is 0 Å². The van der Waals surface area contributed by atoms with E-state index in [0.717, 1.165) is 24.7 Å². The van der Waals surface area contributed by atoms with Crippen molar-refractivity contribution in [3.8, 4) is 0 Å². The summed E-state index contributed by atoms with van der Waals surface area (Å²) in [6, 6.07) is 0. The first kappa shape index (κ1) is 11.4. The third kappa shape index (κ3) is 2.72. The predicted molar refractivity (Wildman–Crippen MR) is 70.2 cm³/mol. The zero-order valence-corrected chi connectivity index (χ0v) is 11.6. The molecular weight excluding hydrogens is 272 g/mol. The highest BCUT2D eigenvalue weighted by atomic mass is 79.9. The molecule has 1 fully saturated rings. The van der Waals surface area contributed by atoms with Crippen LogP contribution in [-0.4, -0.2) is 22.9 Å². The number of anilines is 1. The van der Waals surface area contributed by atoms with E-state index in [4.69, 9.17) is 0 Å². The Morgan fingerprint density at radius 1 is 1.53 bits per heavy atom. The second kappa shape index (κ2) is 4.83. The first-order chi connectivity index (χ1) is 7.16. The Bertz CT molecular complexity index is 316. The summed E-state index contributed by atoms with van der Waals surface area (Å²) in [6.07, 6.45) is 2.57. The van der Waals surface area contributed by atoms with Crippen LogP contribution in [0.1, 0.15) is 25.5 Å². The van der Waals surface area contributed by atoms with E-state index in [1.165, 1.54) is 18.0 Å². The van der Waals surface area contributed by atoms with Gasteiger partial charge in [-0.2, -0.15) is 0 Å². The van der Waals surface area contributed by atoms with Crippen LogP contribution in [0.4, 0.5) is 5.13 Å². The standard InChI is InChI=1S/C11H17BrN2S/c1-8-7-15-11(13-8)14-5-3-10(4-6-14)9(2)12/h7,9-10H,3-6H2,1-2H3. The third-order valence-corrected chi connectivity index (χ3v) is 4.83. The Labute approximate surface area is 104 Å². The summed E-state index contributed by atoms with van der Waals surface area (Å²) in [4.78, 5) is 7.61. The van der Waals surface area contributed by atoms with Crippen LogP contribution < -0.4 is 4.90 Å². The molecule has 15 heavy (non-hydrogen) atoms. The molecule has 84 valence electrons. The maximum atomic E-state index is 4.54. The number of halogens is 1. The molecule has 1 aliphatic heterocycles. The quantitative estimate of drug-likeness (QED) is 0.775. The van der Waals surface area contributed by atoms with Gasteiger partial charge in [-0.3, -0.25) is 0 Å². The number of rotatable bonds is 2. The van der Waals surface area contributed by atoms with Crippen molar-refractivity contribution in [1.29, 1.82) is 0 Å². The molecule has 0 spiro atoms. The lowest BCUT2D eigenvalue weighted by Crippen LogP contribution is -2.35. The van der Waals surface area contributed by atoms with Gasteiger partial charge in [-0.1, -0.05) is 22.9 Å². The van der Waals surface area contributed by atoms with Crippen LogP contribution >= 0.6 is 27.3 Å². The normalized spacial score (nSPS) is 20.6. The number of nitrogens with zero attached hydrogens (tertiary/aromatic N) is 2. The van der Waals surface area contributed by atoms with Gasteiger partial charge in [0, 0.05) is 23.3 Å². The van der Waals surface area contributed by atoms with Gasteiger partial charge in [0.05, 0.1) is 5.69 Å². The van der Waals surface area contributed by atoms with Crippen molar-refractivity contribution in [3.63, 3.8) is 0 Å². The fourth-order valence-corrected chi connectivity index (χ4v) is 3.42. The molecule has 0 aromatic carbocycles. The summed E-state index contributed by atoms with van der Waals surface area (Å²) in [5.41, 5.74) is 1.14.